The number of aliphatic hydroxyl groups excluding tert-OH is 1. The lowest BCUT2D eigenvalue weighted by Crippen LogP contribution is -2.52. The Morgan fingerprint density at radius 3 is 2.60 bits per heavy atom. The molecular weight excluding hydrogens is 264 g/mol. The Kier molecular flexibility index (Phi) is 4.72. The molecule has 7 heteroatoms. The van der Waals surface area contributed by atoms with E-state index in [2.05, 4.69) is 0 Å². The zero-order chi connectivity index (χ0) is 14.7. The number of likely N-dealkylation sites (tertiary alicyclic amines) is 1. The molecule has 2 atom stereocenters. The summed E-state index contributed by atoms with van der Waals surface area (Å²) in [5.41, 5.74) is 0. The molecule has 0 spiro atoms. The topological polar surface area (TPSA) is 87.2 Å². The van der Waals surface area contributed by atoms with Crippen LogP contribution in [-0.2, 0) is 19.1 Å². The number of rotatable bonds is 4. The summed E-state index contributed by atoms with van der Waals surface area (Å²) in [6, 6.07) is -0.0599. The Morgan fingerprint density at radius 1 is 1.35 bits per heavy atom. The molecule has 2 aliphatic heterocycles. The molecule has 2 rings (SSSR count). The second-order valence-electron chi connectivity index (χ2n) is 5.22. The molecule has 0 aromatic rings. The second kappa shape index (κ2) is 6.32. The predicted molar refractivity (Wildman–Crippen MR) is 68.6 cm³/mol. The molecule has 0 bridgehead atoms. The number of amides is 3. The van der Waals surface area contributed by atoms with Crippen LogP contribution in [0.3, 0.4) is 0 Å². The summed E-state index contributed by atoms with van der Waals surface area (Å²) in [5, 5.41) is 9.09. The molecule has 2 fully saturated rings. The average molecular weight is 284 g/mol. The molecule has 0 aromatic carbocycles. The van der Waals surface area contributed by atoms with Crippen LogP contribution in [0.1, 0.15) is 26.2 Å². The van der Waals surface area contributed by atoms with Gasteiger partial charge in [0.2, 0.25) is 17.7 Å². The van der Waals surface area contributed by atoms with Gasteiger partial charge in [-0.3, -0.25) is 19.3 Å². The summed E-state index contributed by atoms with van der Waals surface area (Å²) in [4.78, 5) is 37.9. The highest BCUT2D eigenvalue weighted by Gasteiger charge is 2.32. The highest BCUT2D eigenvalue weighted by molar-refractivity contribution is 6.02. The normalized spacial score (nSPS) is 27.3. The van der Waals surface area contributed by atoms with Crippen molar-refractivity contribution in [3.8, 4) is 0 Å². The summed E-state index contributed by atoms with van der Waals surface area (Å²) >= 11 is 0. The van der Waals surface area contributed by atoms with E-state index in [1.807, 2.05) is 6.92 Å². The van der Waals surface area contributed by atoms with Gasteiger partial charge in [-0.2, -0.15) is 0 Å². The van der Waals surface area contributed by atoms with E-state index in [0.717, 1.165) is 4.90 Å². The molecule has 1 N–H and O–H groups in total. The zero-order valence-electron chi connectivity index (χ0n) is 11.6. The first kappa shape index (κ1) is 14.9. The number of carbonyl (C=O) groups is 3. The standard InChI is InChI=1S/C13H20N2O5/c1-9-8-20-10(7-16)6-15(9)13(19)4-5-14-11(17)2-3-12(14)18/h9-10,16H,2-8H2,1H3. The van der Waals surface area contributed by atoms with Crippen molar-refractivity contribution in [2.24, 2.45) is 0 Å². The molecule has 112 valence electrons. The van der Waals surface area contributed by atoms with E-state index in [4.69, 9.17) is 9.84 Å². The fourth-order valence-electron chi connectivity index (χ4n) is 2.50. The molecular formula is C13H20N2O5. The molecule has 20 heavy (non-hydrogen) atoms. The van der Waals surface area contributed by atoms with Gasteiger partial charge in [0, 0.05) is 32.4 Å². The minimum absolute atomic E-state index is 0.0599. The third-order valence-electron chi connectivity index (χ3n) is 3.73. The first-order valence-corrected chi connectivity index (χ1v) is 6.88. The van der Waals surface area contributed by atoms with E-state index in [1.165, 1.54) is 0 Å². The molecule has 2 aliphatic rings. The van der Waals surface area contributed by atoms with Crippen LogP contribution in [0, 0.1) is 0 Å². The van der Waals surface area contributed by atoms with Crippen LogP contribution in [0.25, 0.3) is 0 Å². The van der Waals surface area contributed by atoms with Gasteiger partial charge in [0.1, 0.15) is 0 Å². The van der Waals surface area contributed by atoms with Gasteiger partial charge < -0.3 is 14.7 Å². The van der Waals surface area contributed by atoms with Crippen molar-refractivity contribution in [1.29, 1.82) is 0 Å². The lowest BCUT2D eigenvalue weighted by molar-refractivity contribution is -0.147. The molecule has 3 amide bonds. The maximum atomic E-state index is 12.2. The van der Waals surface area contributed by atoms with Crippen LogP contribution in [0.5, 0.6) is 0 Å². The molecule has 0 aromatic heterocycles. The summed E-state index contributed by atoms with van der Waals surface area (Å²) in [5.74, 6) is -0.524. The maximum Gasteiger partial charge on any atom is 0.229 e. The summed E-state index contributed by atoms with van der Waals surface area (Å²) in [6.45, 7) is 2.62. The maximum absolute atomic E-state index is 12.2. The van der Waals surface area contributed by atoms with Gasteiger partial charge in [0.15, 0.2) is 0 Å². The first-order chi connectivity index (χ1) is 9.52. The van der Waals surface area contributed by atoms with Crippen LogP contribution in [0.4, 0.5) is 0 Å². The van der Waals surface area contributed by atoms with Crippen molar-refractivity contribution in [3.63, 3.8) is 0 Å². The van der Waals surface area contributed by atoms with Crippen LogP contribution < -0.4 is 0 Å². The largest absolute Gasteiger partial charge is 0.394 e. The zero-order valence-corrected chi connectivity index (χ0v) is 11.6. The lowest BCUT2D eigenvalue weighted by Gasteiger charge is -2.37. The van der Waals surface area contributed by atoms with Crippen molar-refractivity contribution in [1.82, 2.24) is 9.80 Å². The Bertz CT molecular complexity index is 396. The summed E-state index contributed by atoms with van der Waals surface area (Å²) in [7, 11) is 0. The smallest absolute Gasteiger partial charge is 0.229 e. The molecule has 2 heterocycles. The Morgan fingerprint density at radius 2 is 2.00 bits per heavy atom. The van der Waals surface area contributed by atoms with E-state index >= 15 is 0 Å². The number of hydrogen-bond donors (Lipinski definition) is 1. The third kappa shape index (κ3) is 3.16. The fraction of sp³-hybridized carbons (Fsp3) is 0.769. The number of aliphatic hydroxyl groups is 1. The van der Waals surface area contributed by atoms with E-state index in [-0.39, 0.29) is 62.3 Å². The highest BCUT2D eigenvalue weighted by Crippen LogP contribution is 2.15. The molecule has 0 radical (unpaired) electrons. The second-order valence-corrected chi connectivity index (χ2v) is 5.22. The molecule has 2 saturated heterocycles. The van der Waals surface area contributed by atoms with Gasteiger partial charge >= 0.3 is 0 Å². The quantitative estimate of drug-likeness (QED) is 0.678. The summed E-state index contributed by atoms with van der Waals surface area (Å²) in [6.07, 6.45) is 0.256. The van der Waals surface area contributed by atoms with Gasteiger partial charge in [0.05, 0.1) is 25.4 Å². The Hall–Kier alpha value is -1.47. The Labute approximate surface area is 117 Å². The monoisotopic (exact) mass is 284 g/mol. The van der Waals surface area contributed by atoms with Gasteiger partial charge in [-0.15, -0.1) is 0 Å². The fourth-order valence-corrected chi connectivity index (χ4v) is 2.50. The number of imide groups is 1. The number of nitrogens with zero attached hydrogens (tertiary/aromatic N) is 2. The summed E-state index contributed by atoms with van der Waals surface area (Å²) < 4.78 is 5.37. The van der Waals surface area contributed by atoms with Crippen molar-refractivity contribution < 1.29 is 24.2 Å². The van der Waals surface area contributed by atoms with Gasteiger partial charge in [0.25, 0.3) is 0 Å². The van der Waals surface area contributed by atoms with Gasteiger partial charge in [-0.1, -0.05) is 0 Å². The van der Waals surface area contributed by atoms with Crippen LogP contribution in [0.2, 0.25) is 0 Å². The van der Waals surface area contributed by atoms with Crippen molar-refractivity contribution in [3.05, 3.63) is 0 Å². The molecule has 7 nitrogen and oxygen atoms in total. The third-order valence-corrected chi connectivity index (χ3v) is 3.73. The molecule has 0 saturated carbocycles. The number of hydrogen-bond acceptors (Lipinski definition) is 5. The van der Waals surface area contributed by atoms with E-state index in [9.17, 15) is 14.4 Å². The Balaban J connectivity index is 1.87. The highest BCUT2D eigenvalue weighted by atomic mass is 16.5. The number of carbonyl (C=O) groups excluding carboxylic acids is 3. The molecule has 2 unspecified atom stereocenters. The van der Waals surface area contributed by atoms with Crippen LogP contribution in [0.15, 0.2) is 0 Å². The SMILES string of the molecule is CC1COC(CO)CN1C(=O)CCN1C(=O)CCC1=O. The van der Waals surface area contributed by atoms with Crippen molar-refractivity contribution in [2.75, 3.05) is 26.3 Å². The average Bonchev–Trinajstić information content (AvgIpc) is 2.76. The lowest BCUT2D eigenvalue weighted by atomic mass is 10.2. The first-order valence-electron chi connectivity index (χ1n) is 6.88. The van der Waals surface area contributed by atoms with Gasteiger partial charge in [-0.05, 0) is 6.92 Å². The van der Waals surface area contributed by atoms with Gasteiger partial charge in [-0.25, -0.2) is 0 Å². The number of ether oxygens (including phenoxy) is 1. The van der Waals surface area contributed by atoms with Crippen molar-refractivity contribution >= 4 is 17.7 Å². The van der Waals surface area contributed by atoms with E-state index in [1.54, 1.807) is 4.90 Å². The predicted octanol–water partition coefficient (Wildman–Crippen LogP) is -0.866. The van der Waals surface area contributed by atoms with Crippen LogP contribution in [-0.4, -0.2) is 71.1 Å². The minimum Gasteiger partial charge on any atom is -0.394 e. The number of morpholine rings is 1. The minimum atomic E-state index is -0.356. The van der Waals surface area contributed by atoms with Crippen LogP contribution >= 0.6 is 0 Å². The van der Waals surface area contributed by atoms with Crippen molar-refractivity contribution in [2.45, 2.75) is 38.3 Å². The van der Waals surface area contributed by atoms with E-state index in [0.29, 0.717) is 13.2 Å². The molecule has 0 aliphatic carbocycles. The van der Waals surface area contributed by atoms with E-state index < -0.39 is 0 Å².